The summed E-state index contributed by atoms with van der Waals surface area (Å²) in [5.74, 6) is 0.294. The van der Waals surface area contributed by atoms with Gasteiger partial charge >= 0.3 is 5.69 Å². The highest BCUT2D eigenvalue weighted by atomic mass is 32.2. The Labute approximate surface area is 191 Å². The van der Waals surface area contributed by atoms with Crippen LogP contribution in [0.5, 0.6) is 17.2 Å². The highest BCUT2D eigenvalue weighted by Gasteiger charge is 2.26. The predicted octanol–water partition coefficient (Wildman–Crippen LogP) is 6.02. The van der Waals surface area contributed by atoms with E-state index in [4.69, 9.17) is 9.47 Å². The fourth-order valence-corrected chi connectivity index (χ4v) is 4.27. The maximum atomic E-state index is 12.6. The molecule has 0 saturated carbocycles. The molecule has 3 aromatic rings. The van der Waals surface area contributed by atoms with Crippen LogP contribution in [0.1, 0.15) is 22.8 Å². The fourth-order valence-electron chi connectivity index (χ4n) is 3.22. The lowest BCUT2D eigenvalue weighted by Crippen LogP contribution is -1.99. The van der Waals surface area contributed by atoms with Gasteiger partial charge in [0.2, 0.25) is 11.5 Å². The highest BCUT2D eigenvalue weighted by molar-refractivity contribution is 8.04. The van der Waals surface area contributed by atoms with Gasteiger partial charge in [-0.2, -0.15) is 0 Å². The molecule has 0 bridgehead atoms. The van der Waals surface area contributed by atoms with E-state index < -0.39 is 21.2 Å². The molecular weight excluding hydrogens is 448 g/mol. The van der Waals surface area contributed by atoms with Gasteiger partial charge in [0, 0.05) is 16.5 Å². The summed E-state index contributed by atoms with van der Waals surface area (Å²) in [7, 11) is 0. The molecule has 0 saturated heterocycles. The van der Waals surface area contributed by atoms with Crippen LogP contribution in [-0.2, 0) is 0 Å². The maximum absolute atomic E-state index is 12.6. The zero-order valence-corrected chi connectivity index (χ0v) is 18.0. The average molecular weight is 464 g/mol. The molecule has 9 nitrogen and oxygen atoms in total. The lowest BCUT2D eigenvalue weighted by Gasteiger charge is -2.12. The Hall–Kier alpha value is -4.18. The molecule has 0 aromatic heterocycles. The molecule has 0 spiro atoms. The number of non-ortho nitro benzene ring substituents is 1. The van der Waals surface area contributed by atoms with E-state index in [2.05, 4.69) is 0 Å². The van der Waals surface area contributed by atoms with Crippen molar-refractivity contribution in [2.75, 3.05) is 6.61 Å². The van der Waals surface area contributed by atoms with Crippen LogP contribution in [0.2, 0.25) is 0 Å². The number of rotatable bonds is 7. The number of Topliss-reactive ketones (excluding diaryl/α,β-unsaturated/α-hetero) is 1. The van der Waals surface area contributed by atoms with Crippen LogP contribution in [0.3, 0.4) is 0 Å². The van der Waals surface area contributed by atoms with Crippen molar-refractivity contribution in [3.05, 3.63) is 96.9 Å². The van der Waals surface area contributed by atoms with Gasteiger partial charge in [0.25, 0.3) is 5.69 Å². The first-order valence-corrected chi connectivity index (χ1v) is 10.6. The molecule has 33 heavy (non-hydrogen) atoms. The third kappa shape index (κ3) is 4.55. The van der Waals surface area contributed by atoms with Crippen LogP contribution >= 0.6 is 11.8 Å². The highest BCUT2D eigenvalue weighted by Crippen LogP contribution is 2.42. The number of nitrogens with zero attached hydrogens (tertiary/aromatic N) is 2. The molecule has 0 unspecified atom stereocenters. The number of thioether (sulfide) groups is 1. The first kappa shape index (κ1) is 22.0. The number of hydrogen-bond donors (Lipinski definition) is 0. The Balaban J connectivity index is 1.66. The lowest BCUT2D eigenvalue weighted by molar-refractivity contribution is -0.394. The van der Waals surface area contributed by atoms with Gasteiger partial charge in [0.15, 0.2) is 11.5 Å². The molecule has 0 radical (unpaired) electrons. The predicted molar refractivity (Wildman–Crippen MR) is 122 cm³/mol. The number of allylic oxidation sites excluding steroid dienone is 1. The summed E-state index contributed by atoms with van der Waals surface area (Å²) in [6, 6.07) is 15.4. The molecule has 0 aliphatic carbocycles. The number of ether oxygens (including phenoxy) is 2. The lowest BCUT2D eigenvalue weighted by atomic mass is 10.1. The number of nitro groups is 2. The zero-order chi connectivity index (χ0) is 23.5. The van der Waals surface area contributed by atoms with Crippen molar-refractivity contribution in [2.45, 2.75) is 11.8 Å². The monoisotopic (exact) mass is 464 g/mol. The maximum Gasteiger partial charge on any atom is 0.318 e. The average Bonchev–Trinajstić information content (AvgIpc) is 3.11. The Morgan fingerprint density at radius 1 is 0.939 bits per heavy atom. The summed E-state index contributed by atoms with van der Waals surface area (Å²) in [5, 5.41) is 22.3. The molecule has 4 rings (SSSR count). The van der Waals surface area contributed by atoms with Crippen molar-refractivity contribution in [3.63, 3.8) is 0 Å². The topological polar surface area (TPSA) is 122 Å². The molecule has 0 N–H and O–H groups in total. The minimum atomic E-state index is -0.748. The smallest absolute Gasteiger partial charge is 0.318 e. The van der Waals surface area contributed by atoms with E-state index in [1.165, 1.54) is 17.8 Å². The van der Waals surface area contributed by atoms with Gasteiger partial charge in [0.05, 0.1) is 27.4 Å². The summed E-state index contributed by atoms with van der Waals surface area (Å²) >= 11 is 1.38. The molecule has 0 atom stereocenters. The van der Waals surface area contributed by atoms with Crippen molar-refractivity contribution >= 4 is 35.0 Å². The van der Waals surface area contributed by atoms with Crippen molar-refractivity contribution in [1.29, 1.82) is 0 Å². The van der Waals surface area contributed by atoms with Crippen LogP contribution in [0.4, 0.5) is 11.4 Å². The van der Waals surface area contributed by atoms with Crippen LogP contribution in [-0.4, -0.2) is 22.2 Å². The van der Waals surface area contributed by atoms with Gasteiger partial charge in [-0.3, -0.25) is 25.0 Å². The second kappa shape index (κ2) is 9.13. The Morgan fingerprint density at radius 2 is 1.70 bits per heavy atom. The van der Waals surface area contributed by atoms with Gasteiger partial charge in [-0.05, 0) is 48.9 Å². The summed E-state index contributed by atoms with van der Waals surface area (Å²) in [5.41, 5.74) is 0.390. The van der Waals surface area contributed by atoms with E-state index in [0.717, 1.165) is 17.0 Å². The van der Waals surface area contributed by atoms with Crippen LogP contribution in [0, 0.1) is 20.2 Å². The molecule has 1 aliphatic rings. The zero-order valence-electron chi connectivity index (χ0n) is 17.2. The summed E-state index contributed by atoms with van der Waals surface area (Å²) in [6.45, 7) is 2.08. The first-order valence-electron chi connectivity index (χ1n) is 9.78. The molecular formula is C23H16N2O7S. The van der Waals surface area contributed by atoms with Crippen LogP contribution in [0.25, 0.3) is 6.08 Å². The van der Waals surface area contributed by atoms with E-state index in [1.807, 2.05) is 18.2 Å². The number of carbonyl (C=O) groups excluding carboxylic acids is 1. The first-order chi connectivity index (χ1) is 15.9. The van der Waals surface area contributed by atoms with Gasteiger partial charge in [-0.1, -0.05) is 30.0 Å². The van der Waals surface area contributed by atoms with Gasteiger partial charge in [-0.25, -0.2) is 0 Å². The molecule has 166 valence electrons. The minimum Gasteiger partial charge on any atom is -0.490 e. The van der Waals surface area contributed by atoms with E-state index in [9.17, 15) is 25.0 Å². The molecule has 3 aromatic carbocycles. The van der Waals surface area contributed by atoms with E-state index in [1.54, 1.807) is 37.3 Å². The molecule has 0 fully saturated rings. The van der Waals surface area contributed by atoms with Crippen molar-refractivity contribution in [3.8, 4) is 17.2 Å². The third-order valence-corrected chi connectivity index (χ3v) is 5.81. The molecule has 0 amide bonds. The number of hydrogen-bond acceptors (Lipinski definition) is 8. The van der Waals surface area contributed by atoms with E-state index in [-0.39, 0.29) is 17.3 Å². The van der Waals surface area contributed by atoms with Gasteiger partial charge in [-0.15, -0.1) is 0 Å². The minimum absolute atomic E-state index is 0.0598. The third-order valence-electron chi connectivity index (χ3n) is 4.71. The fraction of sp³-hybridized carbons (Fsp3) is 0.0870. The second-order valence-electron chi connectivity index (χ2n) is 6.84. The normalized spacial score (nSPS) is 13.6. The van der Waals surface area contributed by atoms with Crippen LogP contribution in [0.15, 0.2) is 70.5 Å². The second-order valence-corrected chi connectivity index (χ2v) is 7.93. The van der Waals surface area contributed by atoms with Crippen LogP contribution < -0.4 is 9.47 Å². The largest absolute Gasteiger partial charge is 0.490 e. The number of fused-ring (bicyclic) bond motifs is 1. The Bertz CT molecular complexity index is 1320. The van der Waals surface area contributed by atoms with Crippen molar-refractivity contribution < 1.29 is 24.1 Å². The molecule has 1 aliphatic heterocycles. The molecule has 1 heterocycles. The Morgan fingerprint density at radius 3 is 2.39 bits per heavy atom. The van der Waals surface area contributed by atoms with Gasteiger partial charge in [0.1, 0.15) is 0 Å². The molecule has 10 heteroatoms. The van der Waals surface area contributed by atoms with E-state index in [0.29, 0.717) is 28.4 Å². The van der Waals surface area contributed by atoms with Crippen molar-refractivity contribution in [2.24, 2.45) is 0 Å². The van der Waals surface area contributed by atoms with Gasteiger partial charge < -0.3 is 9.47 Å². The SMILES string of the molecule is CCOc1cc(/C=C2\Sc3ccccc3C2=O)ccc1Oc1ccc([N+](=O)[O-])cc1[N+](=O)[O-]. The summed E-state index contributed by atoms with van der Waals surface area (Å²) in [6.07, 6.45) is 1.74. The summed E-state index contributed by atoms with van der Waals surface area (Å²) in [4.78, 5) is 35.0. The van der Waals surface area contributed by atoms with Crippen molar-refractivity contribution in [1.82, 2.24) is 0 Å². The number of benzene rings is 3. The number of ketones is 1. The standard InChI is InChI=1S/C23H16N2O7S/c1-2-31-20-11-14(12-22-23(26)16-5-3-4-6-21(16)33-22)7-9-19(20)32-18-10-8-15(24(27)28)13-17(18)25(29)30/h3-13H,2H2,1H3/b22-12-. The quantitative estimate of drug-likeness (QED) is 0.236. The number of carbonyl (C=O) groups is 1. The Kier molecular flexibility index (Phi) is 6.09. The van der Waals surface area contributed by atoms with E-state index >= 15 is 0 Å². The summed E-state index contributed by atoms with van der Waals surface area (Å²) < 4.78 is 11.3. The number of nitro benzene ring substituents is 2.